The van der Waals surface area contributed by atoms with Crippen LogP contribution in [0.25, 0.3) is 0 Å². The maximum atomic E-state index is 5.71. The summed E-state index contributed by atoms with van der Waals surface area (Å²) in [4.78, 5) is 4.25. The van der Waals surface area contributed by atoms with Gasteiger partial charge in [0.25, 0.3) is 0 Å². The van der Waals surface area contributed by atoms with Crippen molar-refractivity contribution in [3.8, 4) is 0 Å². The van der Waals surface area contributed by atoms with Crippen LogP contribution in [0.2, 0.25) is 0 Å². The molecule has 2 nitrogen and oxygen atoms in total. The Labute approximate surface area is 78.7 Å². The molecular formula is C8H7IN2. The van der Waals surface area contributed by atoms with Crippen LogP contribution in [0.5, 0.6) is 0 Å². The maximum absolute atomic E-state index is 5.71. The molecule has 0 bridgehead atoms. The first kappa shape index (κ1) is 7.09. The van der Waals surface area contributed by atoms with Gasteiger partial charge in [-0.05, 0) is 34.2 Å². The van der Waals surface area contributed by atoms with Gasteiger partial charge in [-0.15, -0.1) is 0 Å². The van der Waals surface area contributed by atoms with Crippen molar-refractivity contribution in [2.75, 3.05) is 5.73 Å². The van der Waals surface area contributed by atoms with Crippen molar-refractivity contribution >= 4 is 40.2 Å². The third-order valence-electron chi connectivity index (χ3n) is 1.76. The molecule has 0 saturated heterocycles. The van der Waals surface area contributed by atoms with Crippen molar-refractivity contribution < 1.29 is 0 Å². The van der Waals surface area contributed by atoms with Gasteiger partial charge in [0.1, 0.15) is 0 Å². The molecule has 1 aromatic rings. The summed E-state index contributed by atoms with van der Waals surface area (Å²) in [5.41, 5.74) is 8.88. The molecule has 1 aliphatic heterocycles. The SMILES string of the molecule is Nc1ccc2c(c1I)N=CC2. The van der Waals surface area contributed by atoms with E-state index in [0.29, 0.717) is 0 Å². The van der Waals surface area contributed by atoms with Crippen molar-refractivity contribution in [1.29, 1.82) is 0 Å². The fraction of sp³-hybridized carbons (Fsp3) is 0.125. The molecule has 0 radical (unpaired) electrons. The molecule has 0 saturated carbocycles. The third-order valence-corrected chi connectivity index (χ3v) is 2.89. The maximum Gasteiger partial charge on any atom is 0.0815 e. The molecule has 11 heavy (non-hydrogen) atoms. The molecule has 0 aliphatic carbocycles. The molecule has 0 atom stereocenters. The monoisotopic (exact) mass is 258 g/mol. The molecule has 0 spiro atoms. The first-order chi connectivity index (χ1) is 5.29. The Morgan fingerprint density at radius 3 is 3.09 bits per heavy atom. The topological polar surface area (TPSA) is 38.4 Å². The van der Waals surface area contributed by atoms with E-state index < -0.39 is 0 Å². The van der Waals surface area contributed by atoms with E-state index >= 15 is 0 Å². The van der Waals surface area contributed by atoms with Gasteiger partial charge in [0.2, 0.25) is 0 Å². The average molecular weight is 258 g/mol. The van der Waals surface area contributed by atoms with E-state index in [4.69, 9.17) is 5.73 Å². The van der Waals surface area contributed by atoms with Crippen molar-refractivity contribution in [2.45, 2.75) is 6.42 Å². The van der Waals surface area contributed by atoms with E-state index in [1.807, 2.05) is 18.3 Å². The second-order valence-electron chi connectivity index (χ2n) is 2.49. The molecular weight excluding hydrogens is 251 g/mol. The first-order valence-corrected chi connectivity index (χ1v) is 4.46. The largest absolute Gasteiger partial charge is 0.398 e. The number of nitrogens with zero attached hydrogens (tertiary/aromatic N) is 1. The molecule has 3 heteroatoms. The highest BCUT2D eigenvalue weighted by Gasteiger charge is 2.11. The van der Waals surface area contributed by atoms with Gasteiger partial charge in [-0.3, -0.25) is 4.99 Å². The Balaban J connectivity index is 2.70. The predicted molar refractivity (Wildman–Crippen MR) is 55.4 cm³/mol. The number of anilines is 1. The Morgan fingerprint density at radius 2 is 2.27 bits per heavy atom. The number of rotatable bonds is 0. The van der Waals surface area contributed by atoms with Crippen LogP contribution in [0.15, 0.2) is 17.1 Å². The van der Waals surface area contributed by atoms with Crippen LogP contribution in [0.4, 0.5) is 11.4 Å². The van der Waals surface area contributed by atoms with E-state index in [1.165, 1.54) is 5.56 Å². The Kier molecular flexibility index (Phi) is 1.60. The Morgan fingerprint density at radius 1 is 1.45 bits per heavy atom. The zero-order valence-corrected chi connectivity index (χ0v) is 8.00. The summed E-state index contributed by atoms with van der Waals surface area (Å²) in [6.07, 6.45) is 2.87. The Hall–Kier alpha value is -0.580. The fourth-order valence-electron chi connectivity index (χ4n) is 1.16. The lowest BCUT2D eigenvalue weighted by Gasteiger charge is -2.02. The molecule has 2 N–H and O–H groups in total. The van der Waals surface area contributed by atoms with Crippen molar-refractivity contribution in [2.24, 2.45) is 4.99 Å². The van der Waals surface area contributed by atoms with E-state index in [1.54, 1.807) is 0 Å². The highest BCUT2D eigenvalue weighted by atomic mass is 127. The number of benzene rings is 1. The molecule has 1 heterocycles. The van der Waals surface area contributed by atoms with Crippen molar-refractivity contribution in [3.05, 3.63) is 21.3 Å². The number of aliphatic imine (C=N–C) groups is 1. The zero-order valence-electron chi connectivity index (χ0n) is 5.84. The number of hydrogen-bond donors (Lipinski definition) is 1. The zero-order chi connectivity index (χ0) is 7.84. The molecule has 1 aromatic carbocycles. The minimum Gasteiger partial charge on any atom is -0.398 e. The van der Waals surface area contributed by atoms with Crippen LogP contribution < -0.4 is 5.73 Å². The summed E-state index contributed by atoms with van der Waals surface area (Å²) < 4.78 is 1.08. The number of nitrogens with two attached hydrogens (primary N) is 1. The van der Waals surface area contributed by atoms with Crippen molar-refractivity contribution in [1.82, 2.24) is 0 Å². The van der Waals surface area contributed by atoms with E-state index in [0.717, 1.165) is 21.4 Å². The quantitative estimate of drug-likeness (QED) is 0.561. The van der Waals surface area contributed by atoms with Crippen LogP contribution >= 0.6 is 22.6 Å². The number of hydrogen-bond acceptors (Lipinski definition) is 2. The van der Waals surface area contributed by atoms with Crippen LogP contribution in [-0.2, 0) is 6.42 Å². The van der Waals surface area contributed by atoms with Gasteiger partial charge in [-0.25, -0.2) is 0 Å². The van der Waals surface area contributed by atoms with Gasteiger partial charge in [0, 0.05) is 18.3 Å². The van der Waals surface area contributed by atoms with Gasteiger partial charge in [-0.1, -0.05) is 6.07 Å². The van der Waals surface area contributed by atoms with Crippen LogP contribution in [0.3, 0.4) is 0 Å². The van der Waals surface area contributed by atoms with Gasteiger partial charge >= 0.3 is 0 Å². The first-order valence-electron chi connectivity index (χ1n) is 3.38. The highest BCUT2D eigenvalue weighted by molar-refractivity contribution is 14.1. The lowest BCUT2D eigenvalue weighted by atomic mass is 10.1. The summed E-state index contributed by atoms with van der Waals surface area (Å²) >= 11 is 2.23. The van der Waals surface area contributed by atoms with E-state index in [2.05, 4.69) is 27.6 Å². The van der Waals surface area contributed by atoms with Crippen LogP contribution in [0.1, 0.15) is 5.56 Å². The number of fused-ring (bicyclic) bond motifs is 1. The van der Waals surface area contributed by atoms with Crippen molar-refractivity contribution in [3.63, 3.8) is 0 Å². The average Bonchev–Trinajstić information content (AvgIpc) is 2.45. The highest BCUT2D eigenvalue weighted by Crippen LogP contribution is 2.33. The third kappa shape index (κ3) is 1.03. The van der Waals surface area contributed by atoms with Gasteiger partial charge in [0.15, 0.2) is 0 Å². The lowest BCUT2D eigenvalue weighted by Crippen LogP contribution is -1.90. The minimum absolute atomic E-state index is 0.823. The van der Waals surface area contributed by atoms with Crippen LogP contribution in [0, 0.1) is 3.57 Å². The Bertz CT molecular complexity index is 331. The van der Waals surface area contributed by atoms with E-state index in [-0.39, 0.29) is 0 Å². The molecule has 0 aromatic heterocycles. The van der Waals surface area contributed by atoms with E-state index in [9.17, 15) is 0 Å². The number of halogens is 1. The lowest BCUT2D eigenvalue weighted by molar-refractivity contribution is 1.40. The smallest absolute Gasteiger partial charge is 0.0815 e. The minimum atomic E-state index is 0.823. The summed E-state index contributed by atoms with van der Waals surface area (Å²) in [6, 6.07) is 3.98. The fourth-order valence-corrected chi connectivity index (χ4v) is 1.83. The van der Waals surface area contributed by atoms with Gasteiger partial charge in [0.05, 0.1) is 9.26 Å². The number of nitrogen functional groups attached to an aromatic ring is 1. The summed E-state index contributed by atoms with van der Waals surface area (Å²) in [5.74, 6) is 0. The molecule has 56 valence electrons. The second-order valence-corrected chi connectivity index (χ2v) is 3.57. The standard InChI is InChI=1S/C8H7IN2/c9-7-6(10)2-1-5-3-4-11-8(5)7/h1-2,4H,3,10H2. The van der Waals surface area contributed by atoms with Gasteiger partial charge in [-0.2, -0.15) is 0 Å². The van der Waals surface area contributed by atoms with Gasteiger partial charge < -0.3 is 5.73 Å². The predicted octanol–water partition coefficient (Wildman–Crippen LogP) is 2.13. The molecule has 0 unspecified atom stereocenters. The summed E-state index contributed by atoms with van der Waals surface area (Å²) in [7, 11) is 0. The van der Waals surface area contributed by atoms with Crippen LogP contribution in [-0.4, -0.2) is 6.21 Å². The molecule has 2 rings (SSSR count). The normalized spacial score (nSPS) is 13.5. The molecule has 0 amide bonds. The second kappa shape index (κ2) is 2.48. The summed E-state index contributed by atoms with van der Waals surface area (Å²) in [5, 5.41) is 0. The molecule has 0 fully saturated rings. The summed E-state index contributed by atoms with van der Waals surface area (Å²) in [6.45, 7) is 0. The molecule has 1 aliphatic rings.